The molecular formula is C37H32ClF2N7O3. The standard InChI is InChI=1S/C37H32ClF2N7O3/c38-25-6-4-24(29(39)17-25)21-50-35-3-1-2-30(43-35)22-10-13-46(14-11-22)20-34-42-32-8-5-23(16-33(32)47(34)19-27-12-15-49-27)37(48)41-26-7-9-31-28(18-26)36(40)45-44-31/h1-10,16-18,27H,11-15,19-21H2,(H,41,48)(H,44,45). The number of pyridine rings is 1. The molecular weight excluding hydrogens is 664 g/mol. The van der Waals surface area contributed by atoms with Crippen molar-refractivity contribution in [3.8, 4) is 5.88 Å². The average molecular weight is 696 g/mol. The number of nitrogens with zero attached hydrogens (tertiary/aromatic N) is 5. The van der Waals surface area contributed by atoms with Gasteiger partial charge in [0.2, 0.25) is 11.8 Å². The molecule has 1 atom stereocenters. The van der Waals surface area contributed by atoms with E-state index in [9.17, 15) is 13.6 Å². The molecule has 254 valence electrons. The van der Waals surface area contributed by atoms with Crippen LogP contribution in [0.4, 0.5) is 14.5 Å². The zero-order valence-corrected chi connectivity index (χ0v) is 27.6. The van der Waals surface area contributed by atoms with Crippen LogP contribution < -0.4 is 10.1 Å². The predicted octanol–water partition coefficient (Wildman–Crippen LogP) is 7.15. The van der Waals surface area contributed by atoms with Gasteiger partial charge in [0.05, 0.1) is 46.8 Å². The number of hydrogen-bond donors (Lipinski definition) is 2. The number of carbonyl (C=O) groups is 1. The first-order valence-electron chi connectivity index (χ1n) is 16.4. The lowest BCUT2D eigenvalue weighted by molar-refractivity contribution is -0.0591. The Hall–Kier alpha value is -5.17. The summed E-state index contributed by atoms with van der Waals surface area (Å²) in [6, 6.07) is 20.5. The molecule has 2 aliphatic rings. The molecule has 1 unspecified atom stereocenters. The van der Waals surface area contributed by atoms with Crippen molar-refractivity contribution in [2.24, 2.45) is 0 Å². The van der Waals surface area contributed by atoms with E-state index in [0.717, 1.165) is 54.1 Å². The Balaban J connectivity index is 0.969. The van der Waals surface area contributed by atoms with Crippen molar-refractivity contribution in [1.82, 2.24) is 29.6 Å². The molecule has 8 rings (SSSR count). The van der Waals surface area contributed by atoms with Crippen molar-refractivity contribution < 1.29 is 23.0 Å². The Kier molecular flexibility index (Phi) is 8.73. The molecule has 1 amide bonds. The molecule has 1 saturated heterocycles. The van der Waals surface area contributed by atoms with Gasteiger partial charge in [0.15, 0.2) is 0 Å². The van der Waals surface area contributed by atoms with Gasteiger partial charge in [0, 0.05) is 47.6 Å². The molecule has 0 saturated carbocycles. The molecule has 2 aliphatic heterocycles. The number of nitrogens with one attached hydrogen (secondary N) is 2. The minimum atomic E-state index is -0.548. The zero-order valence-electron chi connectivity index (χ0n) is 26.8. The third-order valence-corrected chi connectivity index (χ3v) is 9.37. The lowest BCUT2D eigenvalue weighted by atomic mass is 10.0. The normalized spacial score (nSPS) is 16.4. The van der Waals surface area contributed by atoms with Crippen molar-refractivity contribution in [2.45, 2.75) is 38.6 Å². The summed E-state index contributed by atoms with van der Waals surface area (Å²) in [5.41, 5.74) is 5.43. The molecule has 3 aromatic heterocycles. The number of carbonyl (C=O) groups excluding carboxylic acids is 1. The Labute approximate surface area is 290 Å². The Morgan fingerprint density at radius 3 is 2.74 bits per heavy atom. The third-order valence-electron chi connectivity index (χ3n) is 9.14. The second kappa shape index (κ2) is 13.6. The van der Waals surface area contributed by atoms with E-state index < -0.39 is 11.8 Å². The highest BCUT2D eigenvalue weighted by Gasteiger charge is 2.24. The van der Waals surface area contributed by atoms with E-state index in [-0.39, 0.29) is 18.6 Å². The highest BCUT2D eigenvalue weighted by atomic mass is 35.5. The molecule has 50 heavy (non-hydrogen) atoms. The highest BCUT2D eigenvalue weighted by molar-refractivity contribution is 6.30. The number of benzene rings is 3. The van der Waals surface area contributed by atoms with E-state index in [0.29, 0.717) is 58.3 Å². The highest BCUT2D eigenvalue weighted by Crippen LogP contribution is 2.28. The lowest BCUT2D eigenvalue weighted by Gasteiger charge is -2.29. The summed E-state index contributed by atoms with van der Waals surface area (Å²) < 4.78 is 42.0. The van der Waals surface area contributed by atoms with E-state index >= 15 is 0 Å². The third kappa shape index (κ3) is 6.69. The first kappa shape index (κ1) is 32.1. The number of aromatic nitrogens is 5. The summed E-state index contributed by atoms with van der Waals surface area (Å²) >= 11 is 5.87. The van der Waals surface area contributed by atoms with Crippen LogP contribution in [0.5, 0.6) is 5.88 Å². The molecule has 5 heterocycles. The summed E-state index contributed by atoms with van der Waals surface area (Å²) in [7, 11) is 0. The topological polar surface area (TPSA) is 110 Å². The smallest absolute Gasteiger partial charge is 0.255 e. The molecule has 1 fully saturated rings. The molecule has 3 aromatic carbocycles. The van der Waals surface area contributed by atoms with Gasteiger partial charge in [-0.25, -0.2) is 14.4 Å². The molecule has 0 spiro atoms. The van der Waals surface area contributed by atoms with E-state index in [2.05, 4.69) is 36.0 Å². The molecule has 6 aromatic rings. The number of halogens is 3. The maximum Gasteiger partial charge on any atom is 0.255 e. The number of amides is 1. The minimum absolute atomic E-state index is 0.0504. The number of fused-ring (bicyclic) bond motifs is 2. The van der Waals surface area contributed by atoms with Crippen molar-refractivity contribution in [1.29, 1.82) is 0 Å². The summed E-state index contributed by atoms with van der Waals surface area (Å²) in [4.78, 5) is 25.3. The van der Waals surface area contributed by atoms with Gasteiger partial charge in [-0.3, -0.25) is 14.8 Å². The van der Waals surface area contributed by atoms with Crippen molar-refractivity contribution in [3.05, 3.63) is 118 Å². The van der Waals surface area contributed by atoms with Gasteiger partial charge in [0.1, 0.15) is 18.2 Å². The Morgan fingerprint density at radius 1 is 1.06 bits per heavy atom. The van der Waals surface area contributed by atoms with Crippen LogP contribution in [0.3, 0.4) is 0 Å². The molecule has 10 nitrogen and oxygen atoms in total. The van der Waals surface area contributed by atoms with Gasteiger partial charge < -0.3 is 19.4 Å². The minimum Gasteiger partial charge on any atom is -0.473 e. The first-order chi connectivity index (χ1) is 24.4. The molecule has 0 aliphatic carbocycles. The zero-order chi connectivity index (χ0) is 34.2. The van der Waals surface area contributed by atoms with Crippen LogP contribution >= 0.6 is 11.6 Å². The number of hydrogen-bond acceptors (Lipinski definition) is 7. The number of ether oxygens (including phenoxy) is 2. The SMILES string of the molecule is O=C(Nc1ccc2n[nH]c(F)c2c1)c1ccc2nc(CN3CC=C(c4cccc(OCc5ccc(Cl)cc5F)n4)CC3)n(CC3CCO3)c2c1. The van der Waals surface area contributed by atoms with E-state index in [1.165, 1.54) is 6.07 Å². The summed E-state index contributed by atoms with van der Waals surface area (Å²) in [5, 5.41) is 9.74. The van der Waals surface area contributed by atoms with Gasteiger partial charge in [-0.15, -0.1) is 0 Å². The van der Waals surface area contributed by atoms with E-state index in [4.69, 9.17) is 26.1 Å². The van der Waals surface area contributed by atoms with Crippen LogP contribution in [0.15, 0.2) is 78.9 Å². The number of imidazole rings is 1. The van der Waals surface area contributed by atoms with Crippen molar-refractivity contribution in [2.75, 3.05) is 25.0 Å². The largest absolute Gasteiger partial charge is 0.473 e. The van der Waals surface area contributed by atoms with Crippen LogP contribution in [0.2, 0.25) is 5.02 Å². The van der Waals surface area contributed by atoms with E-state index in [1.54, 1.807) is 42.5 Å². The van der Waals surface area contributed by atoms with Gasteiger partial charge in [-0.2, -0.15) is 9.49 Å². The number of rotatable bonds is 10. The van der Waals surface area contributed by atoms with E-state index in [1.807, 2.05) is 24.3 Å². The molecule has 2 N–H and O–H groups in total. The molecule has 13 heteroatoms. The second-order valence-corrected chi connectivity index (χ2v) is 12.9. The van der Waals surface area contributed by atoms with Crippen LogP contribution in [-0.4, -0.2) is 61.3 Å². The fourth-order valence-electron chi connectivity index (χ4n) is 6.28. The predicted molar refractivity (Wildman–Crippen MR) is 186 cm³/mol. The molecule has 0 radical (unpaired) electrons. The average Bonchev–Trinajstić information content (AvgIpc) is 3.64. The van der Waals surface area contributed by atoms with Gasteiger partial charge >= 0.3 is 0 Å². The van der Waals surface area contributed by atoms with Gasteiger partial charge in [-0.1, -0.05) is 29.8 Å². The molecule has 0 bridgehead atoms. The Morgan fingerprint density at radius 2 is 1.94 bits per heavy atom. The second-order valence-electron chi connectivity index (χ2n) is 12.4. The van der Waals surface area contributed by atoms with Crippen LogP contribution in [0.1, 0.15) is 40.3 Å². The van der Waals surface area contributed by atoms with Gasteiger partial charge in [-0.05, 0) is 73.0 Å². The fraction of sp³-hybridized carbons (Fsp3) is 0.243. The Bertz CT molecular complexity index is 2270. The first-order valence-corrected chi connectivity index (χ1v) is 16.8. The van der Waals surface area contributed by atoms with Crippen LogP contribution in [-0.2, 0) is 24.4 Å². The fourth-order valence-corrected chi connectivity index (χ4v) is 6.44. The maximum atomic E-state index is 14.2. The van der Waals surface area contributed by atoms with Crippen molar-refractivity contribution >= 4 is 50.7 Å². The van der Waals surface area contributed by atoms with Crippen LogP contribution in [0, 0.1) is 11.8 Å². The number of aromatic amines is 1. The summed E-state index contributed by atoms with van der Waals surface area (Å²) in [6.07, 6.45) is 4.01. The summed E-state index contributed by atoms with van der Waals surface area (Å²) in [6.45, 7) is 3.54. The number of anilines is 1. The lowest BCUT2D eigenvalue weighted by Crippen LogP contribution is -2.33. The summed E-state index contributed by atoms with van der Waals surface area (Å²) in [5.74, 6) is 0.0510. The quantitative estimate of drug-likeness (QED) is 0.157. The monoisotopic (exact) mass is 695 g/mol. The van der Waals surface area contributed by atoms with Gasteiger partial charge in [0.25, 0.3) is 5.91 Å². The van der Waals surface area contributed by atoms with Crippen LogP contribution in [0.25, 0.3) is 27.5 Å². The maximum absolute atomic E-state index is 14.2. The number of H-pyrrole nitrogens is 1. The van der Waals surface area contributed by atoms with Crippen molar-refractivity contribution in [3.63, 3.8) is 0 Å².